The third-order valence-corrected chi connectivity index (χ3v) is 4.77. The summed E-state index contributed by atoms with van der Waals surface area (Å²) >= 11 is 7.65. The van der Waals surface area contributed by atoms with Crippen LogP contribution in [-0.4, -0.2) is 42.9 Å². The number of hydrogen-bond acceptors (Lipinski definition) is 4. The smallest absolute Gasteiger partial charge is 0.107 e. The number of halogens is 1. The van der Waals surface area contributed by atoms with E-state index in [1.807, 2.05) is 6.07 Å². The van der Waals surface area contributed by atoms with Gasteiger partial charge in [0.1, 0.15) is 5.60 Å². The van der Waals surface area contributed by atoms with Gasteiger partial charge in [0.05, 0.1) is 17.0 Å². The quantitative estimate of drug-likeness (QED) is 0.835. The van der Waals surface area contributed by atoms with Crippen molar-refractivity contribution in [3.63, 3.8) is 0 Å². The van der Waals surface area contributed by atoms with Gasteiger partial charge in [0.15, 0.2) is 0 Å². The molecule has 0 unspecified atom stereocenters. The van der Waals surface area contributed by atoms with E-state index in [0.29, 0.717) is 0 Å². The Hall–Kier alpha value is -0.130. The van der Waals surface area contributed by atoms with E-state index in [1.54, 1.807) is 11.3 Å². The topological polar surface area (TPSA) is 21.7 Å². The lowest BCUT2D eigenvalue weighted by Crippen LogP contribution is -2.54. The van der Waals surface area contributed by atoms with Gasteiger partial charge in [-0.25, -0.2) is 0 Å². The molecule has 2 aliphatic rings. The Bertz CT molecular complexity index is 417. The molecule has 2 atom stereocenters. The second-order valence-electron chi connectivity index (χ2n) is 5.29. The molecule has 2 fully saturated rings. The molecule has 3 rings (SSSR count). The lowest BCUT2D eigenvalue weighted by atomic mass is 9.99. The maximum atomic E-state index is 6.12. The normalized spacial score (nSPS) is 33.3. The molecular weight excluding hydrogens is 270 g/mol. The summed E-state index contributed by atoms with van der Waals surface area (Å²) in [5, 5.41) is 0. The Morgan fingerprint density at radius 3 is 3.11 bits per heavy atom. The van der Waals surface area contributed by atoms with Crippen LogP contribution in [0.5, 0.6) is 0 Å². The van der Waals surface area contributed by atoms with Crippen molar-refractivity contribution in [3.05, 3.63) is 21.3 Å². The Morgan fingerprint density at radius 1 is 1.56 bits per heavy atom. The monoisotopic (exact) mass is 287 g/mol. The van der Waals surface area contributed by atoms with Crippen LogP contribution in [0.2, 0.25) is 4.34 Å². The highest BCUT2D eigenvalue weighted by molar-refractivity contribution is 7.16. The SMILES string of the molecule is C[C@H]1CN(Cc2ccc(Cl)s2)C[C@@]2(CCOC2)O1. The summed E-state index contributed by atoms with van der Waals surface area (Å²) in [6, 6.07) is 4.09. The van der Waals surface area contributed by atoms with Crippen LogP contribution in [0.4, 0.5) is 0 Å². The summed E-state index contributed by atoms with van der Waals surface area (Å²) in [6.45, 7) is 6.62. The molecule has 1 spiro atoms. The fraction of sp³-hybridized carbons (Fsp3) is 0.692. The molecule has 3 nitrogen and oxygen atoms in total. The number of rotatable bonds is 2. The molecule has 2 aliphatic heterocycles. The fourth-order valence-corrected chi connectivity index (χ4v) is 4.05. The largest absolute Gasteiger partial charge is 0.378 e. The summed E-state index contributed by atoms with van der Waals surface area (Å²) in [4.78, 5) is 3.79. The summed E-state index contributed by atoms with van der Waals surface area (Å²) in [6.07, 6.45) is 1.29. The maximum absolute atomic E-state index is 6.12. The van der Waals surface area contributed by atoms with E-state index in [2.05, 4.69) is 17.9 Å². The van der Waals surface area contributed by atoms with Crippen LogP contribution in [0, 0.1) is 0 Å². The van der Waals surface area contributed by atoms with Gasteiger partial charge in [-0.3, -0.25) is 4.90 Å². The van der Waals surface area contributed by atoms with Crippen LogP contribution in [0.15, 0.2) is 12.1 Å². The van der Waals surface area contributed by atoms with Crippen molar-refractivity contribution in [2.24, 2.45) is 0 Å². The van der Waals surface area contributed by atoms with Crippen molar-refractivity contribution in [1.82, 2.24) is 4.90 Å². The minimum absolute atomic E-state index is 0.0707. The Balaban J connectivity index is 1.68. The number of morpholine rings is 1. The average molecular weight is 288 g/mol. The van der Waals surface area contributed by atoms with Crippen LogP contribution in [-0.2, 0) is 16.0 Å². The zero-order valence-electron chi connectivity index (χ0n) is 10.5. The molecule has 0 N–H and O–H groups in total. The average Bonchev–Trinajstić information content (AvgIpc) is 2.88. The van der Waals surface area contributed by atoms with E-state index in [-0.39, 0.29) is 11.7 Å². The number of thiophene rings is 1. The number of nitrogens with zero attached hydrogens (tertiary/aromatic N) is 1. The van der Waals surface area contributed by atoms with Gasteiger partial charge < -0.3 is 9.47 Å². The van der Waals surface area contributed by atoms with Gasteiger partial charge in [0.2, 0.25) is 0 Å². The van der Waals surface area contributed by atoms with Crippen LogP contribution in [0.3, 0.4) is 0 Å². The lowest BCUT2D eigenvalue weighted by molar-refractivity contribution is -0.149. The molecule has 1 aromatic heterocycles. The first-order valence-corrected chi connectivity index (χ1v) is 7.57. The lowest BCUT2D eigenvalue weighted by Gasteiger charge is -2.42. The first kappa shape index (κ1) is 12.9. The van der Waals surface area contributed by atoms with Crippen molar-refractivity contribution in [2.45, 2.75) is 31.6 Å². The minimum Gasteiger partial charge on any atom is -0.378 e. The molecule has 2 saturated heterocycles. The third kappa shape index (κ3) is 2.73. The fourth-order valence-electron chi connectivity index (χ4n) is 2.92. The zero-order valence-corrected chi connectivity index (χ0v) is 12.1. The third-order valence-electron chi connectivity index (χ3n) is 3.55. The highest BCUT2D eigenvalue weighted by Crippen LogP contribution is 2.31. The van der Waals surface area contributed by atoms with Crippen molar-refractivity contribution in [1.29, 1.82) is 0 Å². The molecule has 0 aliphatic carbocycles. The van der Waals surface area contributed by atoms with Gasteiger partial charge in [-0.1, -0.05) is 11.6 Å². The zero-order chi connectivity index (χ0) is 12.6. The van der Waals surface area contributed by atoms with Gasteiger partial charge in [0.25, 0.3) is 0 Å². The van der Waals surface area contributed by atoms with Crippen molar-refractivity contribution in [3.8, 4) is 0 Å². The van der Waals surface area contributed by atoms with E-state index in [0.717, 1.165) is 43.6 Å². The molecule has 0 bridgehead atoms. The van der Waals surface area contributed by atoms with Gasteiger partial charge in [-0.2, -0.15) is 0 Å². The molecule has 18 heavy (non-hydrogen) atoms. The van der Waals surface area contributed by atoms with Gasteiger partial charge in [-0.15, -0.1) is 11.3 Å². The molecule has 0 saturated carbocycles. The minimum atomic E-state index is -0.0707. The summed E-state index contributed by atoms with van der Waals surface area (Å²) in [5.74, 6) is 0. The van der Waals surface area contributed by atoms with Gasteiger partial charge in [0, 0.05) is 37.5 Å². The van der Waals surface area contributed by atoms with E-state index >= 15 is 0 Å². The summed E-state index contributed by atoms with van der Waals surface area (Å²) in [7, 11) is 0. The van der Waals surface area contributed by atoms with Gasteiger partial charge in [-0.05, 0) is 19.1 Å². The molecule has 100 valence electrons. The molecular formula is C13H18ClNO2S. The number of ether oxygens (including phenoxy) is 2. The Kier molecular flexibility index (Phi) is 3.65. The first-order valence-electron chi connectivity index (χ1n) is 6.37. The van der Waals surface area contributed by atoms with Crippen LogP contribution >= 0.6 is 22.9 Å². The highest BCUT2D eigenvalue weighted by Gasteiger charge is 2.42. The molecule has 1 aromatic rings. The molecule has 5 heteroatoms. The standard InChI is InChI=1S/C13H18ClNO2S/c1-10-6-15(7-11-2-3-12(14)18-11)8-13(17-10)4-5-16-9-13/h2-3,10H,4-9H2,1H3/t10-,13+/m0/s1. The predicted molar refractivity (Wildman–Crippen MR) is 73.3 cm³/mol. The van der Waals surface area contributed by atoms with Crippen molar-refractivity contribution >= 4 is 22.9 Å². The second kappa shape index (κ2) is 5.10. The molecule has 0 amide bonds. The highest BCUT2D eigenvalue weighted by atomic mass is 35.5. The molecule has 0 aromatic carbocycles. The first-order chi connectivity index (χ1) is 8.65. The van der Waals surface area contributed by atoms with E-state index in [4.69, 9.17) is 21.1 Å². The van der Waals surface area contributed by atoms with Crippen LogP contribution in [0.25, 0.3) is 0 Å². The Morgan fingerprint density at radius 2 is 2.44 bits per heavy atom. The Labute approximate surface area is 117 Å². The van der Waals surface area contributed by atoms with Gasteiger partial charge >= 0.3 is 0 Å². The number of hydrogen-bond donors (Lipinski definition) is 0. The van der Waals surface area contributed by atoms with E-state index < -0.39 is 0 Å². The van der Waals surface area contributed by atoms with Crippen LogP contribution in [0.1, 0.15) is 18.2 Å². The van der Waals surface area contributed by atoms with Crippen LogP contribution < -0.4 is 0 Å². The summed E-state index contributed by atoms with van der Waals surface area (Å²) in [5.41, 5.74) is -0.0707. The molecule has 0 radical (unpaired) electrons. The predicted octanol–water partition coefficient (Wildman–Crippen LogP) is 2.78. The summed E-state index contributed by atoms with van der Waals surface area (Å²) < 4.78 is 12.5. The van der Waals surface area contributed by atoms with Crippen molar-refractivity contribution < 1.29 is 9.47 Å². The van der Waals surface area contributed by atoms with E-state index in [1.165, 1.54) is 4.88 Å². The van der Waals surface area contributed by atoms with Crippen molar-refractivity contribution in [2.75, 3.05) is 26.3 Å². The second-order valence-corrected chi connectivity index (χ2v) is 7.09. The maximum Gasteiger partial charge on any atom is 0.107 e. The molecule has 3 heterocycles. The van der Waals surface area contributed by atoms with E-state index in [9.17, 15) is 0 Å².